The lowest BCUT2D eigenvalue weighted by atomic mass is 9.76. The summed E-state index contributed by atoms with van der Waals surface area (Å²) in [7, 11) is 0.605. The molecule has 41 heavy (non-hydrogen) atoms. The van der Waals surface area contributed by atoms with E-state index in [4.69, 9.17) is 18.6 Å². The lowest BCUT2D eigenvalue weighted by molar-refractivity contribution is -0.142. The molecule has 0 saturated carbocycles. The third kappa shape index (κ3) is 5.98. The van der Waals surface area contributed by atoms with Crippen molar-refractivity contribution in [2.45, 2.75) is 89.8 Å². The molecule has 1 amide bonds. The number of ether oxygens (including phenoxy) is 3. The number of hydrogen-bond donors (Lipinski definition) is 2. The van der Waals surface area contributed by atoms with Gasteiger partial charge in [-0.15, -0.1) is 0 Å². The number of carbonyl (C=O) groups excluding carboxylic acids is 1. The van der Waals surface area contributed by atoms with Gasteiger partial charge in [-0.1, -0.05) is 58.9 Å². The van der Waals surface area contributed by atoms with E-state index in [0.717, 1.165) is 18.4 Å². The monoisotopic (exact) mass is 581 g/mol. The highest BCUT2D eigenvalue weighted by atomic mass is 28.4. The average molecular weight is 582 g/mol. The smallest absolute Gasteiger partial charge is 0.257 e. The van der Waals surface area contributed by atoms with Crippen molar-refractivity contribution in [2.75, 3.05) is 26.1 Å². The van der Waals surface area contributed by atoms with Crippen LogP contribution < -0.4 is 14.5 Å². The first-order valence-electron chi connectivity index (χ1n) is 14.4. The standard InChI is InChI=1S/C33H47NO6Si/c1-30(2,3)41(9,10)40-27-22(17-18-32(6)20-19-31(4,5)21-39-32)11-16-25-26(27)33(36,28(38-8)29(35)34-25)23-12-14-24(37-7)15-13-23/h11-18,28,36H,19-21H2,1-10H3,(H,34,35)/b18-17+. The third-order valence-corrected chi connectivity index (χ3v) is 13.4. The maximum absolute atomic E-state index is 13.3. The fourth-order valence-corrected chi connectivity index (χ4v) is 6.19. The molecule has 2 aliphatic rings. The number of fused-ring (bicyclic) bond motifs is 1. The normalized spacial score (nSPS) is 26.4. The van der Waals surface area contributed by atoms with Crippen molar-refractivity contribution in [1.82, 2.24) is 0 Å². The largest absolute Gasteiger partial charge is 0.543 e. The number of methoxy groups -OCH3 is 2. The Morgan fingerprint density at radius 2 is 1.71 bits per heavy atom. The topological polar surface area (TPSA) is 86.3 Å². The van der Waals surface area contributed by atoms with Crippen molar-refractivity contribution in [3.63, 3.8) is 0 Å². The molecule has 3 unspecified atom stereocenters. The molecule has 8 heteroatoms. The van der Waals surface area contributed by atoms with E-state index >= 15 is 0 Å². The molecule has 0 aromatic heterocycles. The summed E-state index contributed by atoms with van der Waals surface area (Å²) < 4.78 is 24.4. The fraction of sp³-hybridized carbons (Fsp3) is 0.545. The minimum Gasteiger partial charge on any atom is -0.543 e. The van der Waals surface area contributed by atoms with Crippen LogP contribution >= 0.6 is 0 Å². The average Bonchev–Trinajstić information content (AvgIpc) is 2.89. The molecule has 0 aliphatic carbocycles. The lowest BCUT2D eigenvalue weighted by Gasteiger charge is -2.44. The summed E-state index contributed by atoms with van der Waals surface area (Å²) in [6.07, 6.45) is 4.89. The van der Waals surface area contributed by atoms with Crippen molar-refractivity contribution in [3.05, 3.63) is 59.2 Å². The Kier molecular flexibility index (Phi) is 8.30. The predicted octanol–water partition coefficient (Wildman–Crippen LogP) is 6.89. The Labute approximate surface area is 246 Å². The summed E-state index contributed by atoms with van der Waals surface area (Å²) in [6, 6.07) is 10.9. The Morgan fingerprint density at radius 3 is 2.24 bits per heavy atom. The molecule has 0 spiro atoms. The second-order valence-electron chi connectivity index (χ2n) is 14.0. The van der Waals surface area contributed by atoms with Crippen molar-refractivity contribution < 1.29 is 28.5 Å². The lowest BCUT2D eigenvalue weighted by Crippen LogP contribution is -2.53. The van der Waals surface area contributed by atoms with Gasteiger partial charge in [-0.25, -0.2) is 0 Å². The van der Waals surface area contributed by atoms with Crippen LogP contribution in [-0.2, 0) is 19.9 Å². The Morgan fingerprint density at radius 1 is 1.05 bits per heavy atom. The minimum absolute atomic E-state index is 0.114. The third-order valence-electron chi connectivity index (χ3n) is 9.08. The van der Waals surface area contributed by atoms with Crippen LogP contribution in [0.3, 0.4) is 0 Å². The Balaban J connectivity index is 1.95. The molecule has 4 rings (SSSR count). The van der Waals surface area contributed by atoms with E-state index < -0.39 is 31.5 Å². The van der Waals surface area contributed by atoms with Crippen LogP contribution in [0.25, 0.3) is 6.08 Å². The van der Waals surface area contributed by atoms with Gasteiger partial charge in [0.2, 0.25) is 0 Å². The predicted molar refractivity (Wildman–Crippen MR) is 166 cm³/mol. The highest BCUT2D eigenvalue weighted by Gasteiger charge is 2.53. The molecule has 1 saturated heterocycles. The number of rotatable bonds is 7. The molecule has 1 fully saturated rings. The highest BCUT2D eigenvalue weighted by Crippen LogP contribution is 2.51. The number of benzene rings is 2. The quantitative estimate of drug-likeness (QED) is 0.346. The van der Waals surface area contributed by atoms with Gasteiger partial charge in [0.05, 0.1) is 30.6 Å². The van der Waals surface area contributed by atoms with Crippen molar-refractivity contribution in [3.8, 4) is 11.5 Å². The van der Waals surface area contributed by atoms with E-state index in [9.17, 15) is 9.90 Å². The molecule has 3 atom stereocenters. The summed E-state index contributed by atoms with van der Waals surface area (Å²) in [6.45, 7) is 18.1. The molecule has 2 aromatic rings. The van der Waals surface area contributed by atoms with E-state index in [1.807, 2.05) is 18.2 Å². The Hall–Kier alpha value is -2.65. The second kappa shape index (κ2) is 10.9. The fourth-order valence-electron chi connectivity index (χ4n) is 5.16. The minimum atomic E-state index is -2.42. The van der Waals surface area contributed by atoms with Crippen LogP contribution in [0, 0.1) is 5.41 Å². The van der Waals surface area contributed by atoms with Crippen molar-refractivity contribution in [2.24, 2.45) is 5.41 Å². The first kappa shape index (κ1) is 31.3. The number of amides is 1. The number of hydrogen-bond acceptors (Lipinski definition) is 6. The van der Waals surface area contributed by atoms with Gasteiger partial charge in [0, 0.05) is 12.7 Å². The maximum Gasteiger partial charge on any atom is 0.257 e. The van der Waals surface area contributed by atoms with Crippen LogP contribution in [0.4, 0.5) is 5.69 Å². The number of carbonyl (C=O) groups is 1. The first-order valence-corrected chi connectivity index (χ1v) is 17.3. The van der Waals surface area contributed by atoms with Gasteiger partial charge in [0.25, 0.3) is 14.2 Å². The summed E-state index contributed by atoms with van der Waals surface area (Å²) in [5.41, 5.74) is 0.197. The molecule has 2 aliphatic heterocycles. The zero-order valence-corrected chi connectivity index (χ0v) is 27.3. The Bertz CT molecular complexity index is 1300. The van der Waals surface area contributed by atoms with Crippen molar-refractivity contribution in [1.29, 1.82) is 0 Å². The zero-order chi connectivity index (χ0) is 30.4. The molecule has 0 bridgehead atoms. The van der Waals surface area contributed by atoms with E-state index in [0.29, 0.717) is 34.9 Å². The molecule has 2 aromatic carbocycles. The van der Waals surface area contributed by atoms with E-state index in [2.05, 4.69) is 66.0 Å². The summed E-state index contributed by atoms with van der Waals surface area (Å²) in [4.78, 5) is 13.3. The van der Waals surface area contributed by atoms with Gasteiger partial charge in [-0.2, -0.15) is 0 Å². The van der Waals surface area contributed by atoms with E-state index in [1.54, 1.807) is 31.4 Å². The molecule has 2 heterocycles. The highest BCUT2D eigenvalue weighted by molar-refractivity contribution is 6.74. The summed E-state index contributed by atoms with van der Waals surface area (Å²) in [5.74, 6) is 0.765. The van der Waals surface area contributed by atoms with Crippen LogP contribution in [-0.4, -0.2) is 51.9 Å². The van der Waals surface area contributed by atoms with Crippen LogP contribution in [0.5, 0.6) is 11.5 Å². The van der Waals surface area contributed by atoms with Gasteiger partial charge in [0.1, 0.15) is 11.5 Å². The molecule has 0 radical (unpaired) electrons. The van der Waals surface area contributed by atoms with Crippen molar-refractivity contribution >= 4 is 26.0 Å². The molecule has 2 N–H and O–H groups in total. The van der Waals surface area contributed by atoms with E-state index in [-0.39, 0.29) is 10.5 Å². The summed E-state index contributed by atoms with van der Waals surface area (Å²) >= 11 is 0. The molecular formula is C33H47NO6Si. The molecular weight excluding hydrogens is 534 g/mol. The van der Waals surface area contributed by atoms with E-state index in [1.165, 1.54) is 7.11 Å². The van der Waals surface area contributed by atoms with Gasteiger partial charge in [-0.3, -0.25) is 4.79 Å². The maximum atomic E-state index is 13.3. The van der Waals surface area contributed by atoms with Gasteiger partial charge >= 0.3 is 0 Å². The number of aliphatic hydroxyl groups is 1. The number of anilines is 1. The molecule has 224 valence electrons. The molecule has 7 nitrogen and oxygen atoms in total. The van der Waals surface area contributed by atoms with Gasteiger partial charge < -0.3 is 29.1 Å². The van der Waals surface area contributed by atoms with Gasteiger partial charge in [0.15, 0.2) is 11.7 Å². The summed E-state index contributed by atoms with van der Waals surface area (Å²) in [5, 5.41) is 15.5. The zero-order valence-electron chi connectivity index (χ0n) is 26.3. The SMILES string of the molecule is COc1ccc(C2(O)c3c(ccc(/C=C/C4(C)CCC(C)(C)CO4)c3O[Si](C)(C)C(C)(C)C)NC(=O)C2OC)cc1. The van der Waals surface area contributed by atoms with Crippen LogP contribution in [0.2, 0.25) is 18.1 Å². The van der Waals surface area contributed by atoms with Crippen LogP contribution in [0.15, 0.2) is 42.5 Å². The van der Waals surface area contributed by atoms with Crippen LogP contribution in [0.1, 0.15) is 71.1 Å². The second-order valence-corrected chi connectivity index (χ2v) is 18.7. The van der Waals surface area contributed by atoms with Gasteiger partial charge in [-0.05, 0) is 73.1 Å². The first-order chi connectivity index (χ1) is 19.0. The number of nitrogens with one attached hydrogen (secondary N) is 1.